The molecule has 0 saturated carbocycles. The molecule has 0 unspecified atom stereocenters. The van der Waals surface area contributed by atoms with Crippen LogP contribution in [-0.4, -0.2) is 12.6 Å². The average molecular weight is 290 g/mol. The van der Waals surface area contributed by atoms with Gasteiger partial charge in [0.15, 0.2) is 0 Å². The Morgan fingerprint density at radius 1 is 1.15 bits per heavy atom. The summed E-state index contributed by atoms with van der Waals surface area (Å²) >= 11 is 6.01. The predicted octanol–water partition coefficient (Wildman–Crippen LogP) is 4.84. The second-order valence-electron chi connectivity index (χ2n) is 5.09. The van der Waals surface area contributed by atoms with E-state index < -0.39 is 0 Å². The number of hydrogen-bond donors (Lipinski definition) is 1. The van der Waals surface area contributed by atoms with E-state index in [-0.39, 0.29) is 6.10 Å². The number of nitrogens with one attached hydrogen (secondary N) is 1. The van der Waals surface area contributed by atoms with Crippen molar-refractivity contribution in [3.8, 4) is 5.75 Å². The van der Waals surface area contributed by atoms with Gasteiger partial charge in [-0.3, -0.25) is 0 Å². The summed E-state index contributed by atoms with van der Waals surface area (Å²) < 4.78 is 5.89. The minimum Gasteiger partial charge on any atom is -0.489 e. The van der Waals surface area contributed by atoms with Crippen LogP contribution in [0.5, 0.6) is 5.75 Å². The van der Waals surface area contributed by atoms with Crippen LogP contribution < -0.4 is 10.1 Å². The van der Waals surface area contributed by atoms with E-state index >= 15 is 0 Å². The highest BCUT2D eigenvalue weighted by molar-refractivity contribution is 6.30. The summed E-state index contributed by atoms with van der Waals surface area (Å²) in [6.07, 6.45) is 0.0789. The molecule has 0 amide bonds. The van der Waals surface area contributed by atoms with Crippen LogP contribution in [0.4, 0.5) is 5.69 Å². The Morgan fingerprint density at radius 2 is 1.95 bits per heavy atom. The molecule has 2 aromatic carbocycles. The van der Waals surface area contributed by atoms with Crippen LogP contribution in [0.25, 0.3) is 0 Å². The standard InChI is InChI=1S/C17H20ClNO/c1-12-5-4-6-16(9-12)20-14(3)11-19-17-10-15(18)8-7-13(17)2/h4-10,14,19H,11H2,1-3H3/t14-/m1/s1. The molecule has 0 heterocycles. The minimum absolute atomic E-state index is 0.0789. The molecular formula is C17H20ClNO. The van der Waals surface area contributed by atoms with Crippen LogP contribution in [0.2, 0.25) is 5.02 Å². The van der Waals surface area contributed by atoms with Crippen LogP contribution >= 0.6 is 11.6 Å². The summed E-state index contributed by atoms with van der Waals surface area (Å²) in [7, 11) is 0. The van der Waals surface area contributed by atoms with Crippen molar-refractivity contribution in [2.24, 2.45) is 0 Å². The van der Waals surface area contributed by atoms with Crippen LogP contribution in [0.15, 0.2) is 42.5 Å². The molecule has 2 rings (SSSR count). The normalized spacial score (nSPS) is 12.0. The number of halogens is 1. The Balaban J connectivity index is 1.92. The zero-order valence-corrected chi connectivity index (χ0v) is 12.9. The number of aryl methyl sites for hydroxylation is 2. The van der Waals surface area contributed by atoms with Gasteiger partial charge < -0.3 is 10.1 Å². The molecule has 0 fully saturated rings. The van der Waals surface area contributed by atoms with E-state index in [0.717, 1.165) is 23.0 Å². The summed E-state index contributed by atoms with van der Waals surface area (Å²) in [6, 6.07) is 13.9. The topological polar surface area (TPSA) is 21.3 Å². The summed E-state index contributed by atoms with van der Waals surface area (Å²) in [5.41, 5.74) is 3.43. The molecule has 0 bridgehead atoms. The van der Waals surface area contributed by atoms with Crippen molar-refractivity contribution in [3.63, 3.8) is 0 Å². The van der Waals surface area contributed by atoms with Gasteiger partial charge in [0.2, 0.25) is 0 Å². The van der Waals surface area contributed by atoms with Gasteiger partial charge >= 0.3 is 0 Å². The first-order valence-electron chi connectivity index (χ1n) is 6.78. The molecule has 0 aliphatic carbocycles. The third kappa shape index (κ3) is 4.17. The van der Waals surface area contributed by atoms with Crippen LogP contribution in [0.3, 0.4) is 0 Å². The fourth-order valence-corrected chi connectivity index (χ4v) is 2.17. The quantitative estimate of drug-likeness (QED) is 0.851. The fraction of sp³-hybridized carbons (Fsp3) is 0.294. The minimum atomic E-state index is 0.0789. The molecule has 0 spiro atoms. The van der Waals surface area contributed by atoms with Crippen molar-refractivity contribution in [1.29, 1.82) is 0 Å². The lowest BCUT2D eigenvalue weighted by atomic mass is 10.2. The van der Waals surface area contributed by atoms with Gasteiger partial charge in [0.25, 0.3) is 0 Å². The van der Waals surface area contributed by atoms with Crippen molar-refractivity contribution < 1.29 is 4.74 Å². The summed E-state index contributed by atoms with van der Waals surface area (Å²) in [4.78, 5) is 0. The maximum absolute atomic E-state index is 6.01. The first-order chi connectivity index (χ1) is 9.54. The van der Waals surface area contributed by atoms with Crippen molar-refractivity contribution in [1.82, 2.24) is 0 Å². The number of ether oxygens (including phenoxy) is 1. The van der Waals surface area contributed by atoms with Crippen LogP contribution in [-0.2, 0) is 0 Å². The smallest absolute Gasteiger partial charge is 0.120 e. The maximum atomic E-state index is 6.01. The molecule has 2 aromatic rings. The first-order valence-corrected chi connectivity index (χ1v) is 7.16. The van der Waals surface area contributed by atoms with E-state index in [0.29, 0.717) is 0 Å². The van der Waals surface area contributed by atoms with Crippen molar-refractivity contribution in [2.75, 3.05) is 11.9 Å². The van der Waals surface area contributed by atoms with E-state index in [9.17, 15) is 0 Å². The predicted molar refractivity (Wildman–Crippen MR) is 85.9 cm³/mol. The molecule has 1 atom stereocenters. The van der Waals surface area contributed by atoms with E-state index in [1.54, 1.807) is 0 Å². The molecule has 0 saturated heterocycles. The van der Waals surface area contributed by atoms with E-state index in [1.807, 2.05) is 36.4 Å². The molecule has 20 heavy (non-hydrogen) atoms. The third-order valence-electron chi connectivity index (χ3n) is 3.11. The SMILES string of the molecule is Cc1cccc(O[C@H](C)CNc2cc(Cl)ccc2C)c1. The Labute approximate surface area is 125 Å². The van der Waals surface area contributed by atoms with Gasteiger partial charge in [0, 0.05) is 10.7 Å². The number of benzene rings is 2. The molecule has 0 radical (unpaired) electrons. The zero-order valence-electron chi connectivity index (χ0n) is 12.1. The van der Waals surface area contributed by atoms with Crippen molar-refractivity contribution in [3.05, 3.63) is 58.6 Å². The Kier molecular flexibility index (Phi) is 4.91. The van der Waals surface area contributed by atoms with Gasteiger partial charge in [-0.15, -0.1) is 0 Å². The Morgan fingerprint density at radius 3 is 2.70 bits per heavy atom. The lowest BCUT2D eigenvalue weighted by Crippen LogP contribution is -2.23. The molecule has 3 heteroatoms. The molecule has 1 N–H and O–H groups in total. The highest BCUT2D eigenvalue weighted by Gasteiger charge is 2.06. The lowest BCUT2D eigenvalue weighted by Gasteiger charge is -2.17. The van der Waals surface area contributed by atoms with Gasteiger partial charge in [-0.05, 0) is 56.2 Å². The van der Waals surface area contributed by atoms with Crippen LogP contribution in [0, 0.1) is 13.8 Å². The highest BCUT2D eigenvalue weighted by Crippen LogP contribution is 2.20. The van der Waals surface area contributed by atoms with Gasteiger partial charge in [-0.2, -0.15) is 0 Å². The van der Waals surface area contributed by atoms with E-state index in [2.05, 4.69) is 32.2 Å². The van der Waals surface area contributed by atoms with E-state index in [4.69, 9.17) is 16.3 Å². The van der Waals surface area contributed by atoms with Crippen molar-refractivity contribution >= 4 is 17.3 Å². The van der Waals surface area contributed by atoms with Gasteiger partial charge in [-0.1, -0.05) is 29.8 Å². The monoisotopic (exact) mass is 289 g/mol. The van der Waals surface area contributed by atoms with Gasteiger partial charge in [0.1, 0.15) is 11.9 Å². The first kappa shape index (κ1) is 14.7. The van der Waals surface area contributed by atoms with Gasteiger partial charge in [-0.25, -0.2) is 0 Å². The maximum Gasteiger partial charge on any atom is 0.120 e. The lowest BCUT2D eigenvalue weighted by molar-refractivity contribution is 0.234. The summed E-state index contributed by atoms with van der Waals surface area (Å²) in [5, 5.41) is 4.12. The van der Waals surface area contributed by atoms with Crippen LogP contribution in [0.1, 0.15) is 18.1 Å². The second kappa shape index (κ2) is 6.67. The number of rotatable bonds is 5. The summed E-state index contributed by atoms with van der Waals surface area (Å²) in [5.74, 6) is 0.905. The second-order valence-corrected chi connectivity index (χ2v) is 5.52. The zero-order chi connectivity index (χ0) is 14.5. The largest absolute Gasteiger partial charge is 0.489 e. The number of hydrogen-bond acceptors (Lipinski definition) is 2. The molecule has 2 nitrogen and oxygen atoms in total. The number of anilines is 1. The fourth-order valence-electron chi connectivity index (χ4n) is 2.00. The molecule has 106 valence electrons. The van der Waals surface area contributed by atoms with Gasteiger partial charge in [0.05, 0.1) is 6.54 Å². The molecule has 0 aliphatic heterocycles. The average Bonchev–Trinajstić information content (AvgIpc) is 2.40. The Hall–Kier alpha value is -1.67. The third-order valence-corrected chi connectivity index (χ3v) is 3.34. The molecule has 0 aliphatic rings. The van der Waals surface area contributed by atoms with Crippen molar-refractivity contribution in [2.45, 2.75) is 26.9 Å². The molecular weight excluding hydrogens is 270 g/mol. The summed E-state index contributed by atoms with van der Waals surface area (Å²) in [6.45, 7) is 6.90. The molecule has 0 aromatic heterocycles. The Bertz CT molecular complexity index is 583. The highest BCUT2D eigenvalue weighted by atomic mass is 35.5. The van der Waals surface area contributed by atoms with E-state index in [1.165, 1.54) is 11.1 Å².